The third-order valence-corrected chi connectivity index (χ3v) is 4.10. The lowest BCUT2D eigenvalue weighted by molar-refractivity contribution is -0.121. The molecular weight excluding hydrogens is 256 g/mol. The second kappa shape index (κ2) is 7.59. The minimum absolute atomic E-state index is 0.146. The smallest absolute Gasteiger partial charge is 0.321 e. The number of rotatable bonds is 3. The van der Waals surface area contributed by atoms with Crippen molar-refractivity contribution in [2.24, 2.45) is 5.73 Å². The van der Waals surface area contributed by atoms with E-state index in [1.807, 2.05) is 4.90 Å². The highest BCUT2D eigenvalue weighted by molar-refractivity contribution is 5.95. The van der Waals surface area contributed by atoms with Crippen LogP contribution in [-0.4, -0.2) is 48.6 Å². The van der Waals surface area contributed by atoms with Crippen molar-refractivity contribution >= 4 is 11.9 Å². The van der Waals surface area contributed by atoms with E-state index in [1.165, 1.54) is 6.42 Å². The summed E-state index contributed by atoms with van der Waals surface area (Å²) in [6.45, 7) is 1.87. The van der Waals surface area contributed by atoms with Crippen molar-refractivity contribution in [1.29, 1.82) is 0 Å². The van der Waals surface area contributed by atoms with Crippen molar-refractivity contribution < 1.29 is 9.59 Å². The molecule has 4 N–H and O–H groups in total. The molecule has 3 amide bonds. The number of likely N-dealkylation sites (tertiary alicyclic amines) is 1. The number of urea groups is 1. The molecule has 0 spiro atoms. The van der Waals surface area contributed by atoms with E-state index in [1.54, 1.807) is 0 Å². The molecule has 2 aliphatic rings. The summed E-state index contributed by atoms with van der Waals surface area (Å²) in [6, 6.07) is 0.00998. The van der Waals surface area contributed by atoms with Gasteiger partial charge in [-0.25, -0.2) is 4.79 Å². The molecule has 2 rings (SSSR count). The minimum atomic E-state index is -0.358. The highest BCUT2D eigenvalue weighted by atomic mass is 16.2. The second-order valence-electron chi connectivity index (χ2n) is 5.99. The van der Waals surface area contributed by atoms with Gasteiger partial charge in [0.05, 0.1) is 6.54 Å². The molecule has 0 radical (unpaired) electrons. The summed E-state index contributed by atoms with van der Waals surface area (Å²) >= 11 is 0. The first kappa shape index (κ1) is 15.3. The number of nitrogens with one attached hydrogen (secondary N) is 2. The lowest BCUT2D eigenvalue weighted by Gasteiger charge is -2.30. The van der Waals surface area contributed by atoms with Gasteiger partial charge in [0.2, 0.25) is 5.91 Å². The number of carbonyl (C=O) groups excluding carboxylic acids is 2. The number of carbonyl (C=O) groups is 2. The molecule has 0 aromatic carbocycles. The molecule has 0 aromatic heterocycles. The molecule has 0 unspecified atom stereocenters. The molecular formula is C14H26N4O2. The predicted octanol–water partition coefficient (Wildman–Crippen LogP) is 0.568. The third-order valence-electron chi connectivity index (χ3n) is 4.10. The standard InChI is InChI=1S/C14H26N4O2/c15-11-5-4-8-18(9-11)10-13(19)17-14(20)16-12-6-2-1-3-7-12/h11-12H,1-10,15H2,(H2,16,17,19,20)/t11-/m1/s1. The van der Waals surface area contributed by atoms with Crippen LogP contribution >= 0.6 is 0 Å². The van der Waals surface area contributed by atoms with Crippen molar-refractivity contribution in [1.82, 2.24) is 15.5 Å². The molecule has 0 aromatic rings. The van der Waals surface area contributed by atoms with Crippen molar-refractivity contribution in [2.45, 2.75) is 57.0 Å². The van der Waals surface area contributed by atoms with Crippen molar-refractivity contribution in [3.05, 3.63) is 0 Å². The van der Waals surface area contributed by atoms with Gasteiger partial charge in [-0.3, -0.25) is 15.0 Å². The molecule has 20 heavy (non-hydrogen) atoms. The molecule has 1 saturated carbocycles. The van der Waals surface area contributed by atoms with Crippen LogP contribution in [0.5, 0.6) is 0 Å². The van der Waals surface area contributed by atoms with Gasteiger partial charge in [0.25, 0.3) is 0 Å². The maximum atomic E-state index is 11.8. The van der Waals surface area contributed by atoms with Gasteiger partial charge >= 0.3 is 6.03 Å². The van der Waals surface area contributed by atoms with Gasteiger partial charge in [-0.05, 0) is 32.2 Å². The Morgan fingerprint density at radius 1 is 1.10 bits per heavy atom. The van der Waals surface area contributed by atoms with Crippen molar-refractivity contribution in [3.8, 4) is 0 Å². The number of imide groups is 1. The topological polar surface area (TPSA) is 87.5 Å². The third kappa shape index (κ3) is 5.09. The van der Waals surface area contributed by atoms with E-state index < -0.39 is 0 Å². The Balaban J connectivity index is 1.66. The maximum absolute atomic E-state index is 11.8. The number of hydrogen-bond donors (Lipinski definition) is 3. The van der Waals surface area contributed by atoms with E-state index in [-0.39, 0.29) is 30.6 Å². The van der Waals surface area contributed by atoms with Gasteiger partial charge in [0.1, 0.15) is 0 Å². The zero-order valence-corrected chi connectivity index (χ0v) is 12.1. The van der Waals surface area contributed by atoms with Crippen LogP contribution in [0.25, 0.3) is 0 Å². The van der Waals surface area contributed by atoms with Gasteiger partial charge in [-0.2, -0.15) is 0 Å². The van der Waals surface area contributed by atoms with Crippen LogP contribution in [0.4, 0.5) is 4.79 Å². The van der Waals surface area contributed by atoms with Crippen LogP contribution < -0.4 is 16.4 Å². The lowest BCUT2D eigenvalue weighted by atomic mass is 9.96. The monoisotopic (exact) mass is 282 g/mol. The Labute approximate surface area is 120 Å². The SMILES string of the molecule is N[C@@H]1CCCN(CC(=O)NC(=O)NC2CCCCC2)C1. The van der Waals surface area contributed by atoms with Crippen LogP contribution in [0.15, 0.2) is 0 Å². The summed E-state index contributed by atoms with van der Waals surface area (Å²) in [5.74, 6) is -0.243. The van der Waals surface area contributed by atoms with Gasteiger partial charge in [-0.15, -0.1) is 0 Å². The van der Waals surface area contributed by atoms with Crippen LogP contribution in [0.2, 0.25) is 0 Å². The number of amides is 3. The first-order valence-corrected chi connectivity index (χ1v) is 7.72. The summed E-state index contributed by atoms with van der Waals surface area (Å²) in [6.07, 6.45) is 7.62. The Kier molecular flexibility index (Phi) is 5.79. The molecule has 6 nitrogen and oxygen atoms in total. The molecule has 1 heterocycles. The van der Waals surface area contributed by atoms with E-state index >= 15 is 0 Å². The predicted molar refractivity (Wildman–Crippen MR) is 77.2 cm³/mol. The zero-order chi connectivity index (χ0) is 14.4. The van der Waals surface area contributed by atoms with Crippen LogP contribution in [0.1, 0.15) is 44.9 Å². The highest BCUT2D eigenvalue weighted by Gasteiger charge is 2.21. The Bertz CT molecular complexity index is 342. The fourth-order valence-corrected chi connectivity index (χ4v) is 3.07. The van der Waals surface area contributed by atoms with E-state index in [2.05, 4.69) is 10.6 Å². The minimum Gasteiger partial charge on any atom is -0.335 e. The summed E-state index contributed by atoms with van der Waals surface area (Å²) in [5.41, 5.74) is 5.87. The Hall–Kier alpha value is -1.14. The quantitative estimate of drug-likeness (QED) is 0.706. The van der Waals surface area contributed by atoms with E-state index in [0.29, 0.717) is 0 Å². The average Bonchev–Trinajstić information content (AvgIpc) is 2.39. The van der Waals surface area contributed by atoms with E-state index in [9.17, 15) is 9.59 Å². The fraction of sp³-hybridized carbons (Fsp3) is 0.857. The van der Waals surface area contributed by atoms with Crippen LogP contribution in [-0.2, 0) is 4.79 Å². The first-order chi connectivity index (χ1) is 9.63. The zero-order valence-electron chi connectivity index (χ0n) is 12.1. The van der Waals surface area contributed by atoms with Crippen molar-refractivity contribution in [2.75, 3.05) is 19.6 Å². The summed E-state index contributed by atoms with van der Waals surface area (Å²) in [5, 5.41) is 5.30. The van der Waals surface area contributed by atoms with E-state index in [4.69, 9.17) is 5.73 Å². The normalized spacial score (nSPS) is 25.1. The first-order valence-electron chi connectivity index (χ1n) is 7.72. The summed E-state index contributed by atoms with van der Waals surface area (Å²) in [4.78, 5) is 25.6. The fourth-order valence-electron chi connectivity index (χ4n) is 3.07. The maximum Gasteiger partial charge on any atom is 0.321 e. The Morgan fingerprint density at radius 2 is 1.85 bits per heavy atom. The van der Waals surface area contributed by atoms with Crippen LogP contribution in [0, 0.1) is 0 Å². The second-order valence-corrected chi connectivity index (χ2v) is 5.99. The molecule has 1 saturated heterocycles. The summed E-state index contributed by atoms with van der Waals surface area (Å²) < 4.78 is 0. The number of nitrogens with two attached hydrogens (primary N) is 1. The molecule has 1 atom stereocenters. The van der Waals surface area contributed by atoms with Crippen molar-refractivity contribution in [3.63, 3.8) is 0 Å². The van der Waals surface area contributed by atoms with Gasteiger partial charge in [-0.1, -0.05) is 19.3 Å². The highest BCUT2D eigenvalue weighted by Crippen LogP contribution is 2.17. The number of nitrogens with zero attached hydrogens (tertiary/aromatic N) is 1. The summed E-state index contributed by atoms with van der Waals surface area (Å²) in [7, 11) is 0. The molecule has 1 aliphatic heterocycles. The molecule has 114 valence electrons. The molecule has 2 fully saturated rings. The van der Waals surface area contributed by atoms with Gasteiger partial charge in [0, 0.05) is 18.6 Å². The number of piperidine rings is 1. The average molecular weight is 282 g/mol. The van der Waals surface area contributed by atoms with Gasteiger partial charge < -0.3 is 11.1 Å². The molecule has 6 heteroatoms. The lowest BCUT2D eigenvalue weighted by Crippen LogP contribution is -2.50. The molecule has 0 bridgehead atoms. The largest absolute Gasteiger partial charge is 0.335 e. The molecule has 1 aliphatic carbocycles. The van der Waals surface area contributed by atoms with Gasteiger partial charge in [0.15, 0.2) is 0 Å². The van der Waals surface area contributed by atoms with Crippen LogP contribution in [0.3, 0.4) is 0 Å². The van der Waals surface area contributed by atoms with E-state index in [0.717, 1.165) is 51.6 Å². The number of hydrogen-bond acceptors (Lipinski definition) is 4. The Morgan fingerprint density at radius 3 is 2.55 bits per heavy atom.